The molecular formula is C17H23N3O3. The number of nitrogens with zero attached hydrogens (tertiary/aromatic N) is 3. The van der Waals surface area contributed by atoms with Gasteiger partial charge in [-0.1, -0.05) is 5.16 Å². The summed E-state index contributed by atoms with van der Waals surface area (Å²) in [6.45, 7) is 2.92. The summed E-state index contributed by atoms with van der Waals surface area (Å²) in [7, 11) is 5.32. The smallest absolute Gasteiger partial charge is 0.241 e. The summed E-state index contributed by atoms with van der Waals surface area (Å²) in [6, 6.07) is 6.13. The van der Waals surface area contributed by atoms with E-state index in [1.54, 1.807) is 14.2 Å². The SMILES string of the molecule is COc1ccc(-c2noc(CN(C)[C@H](C)C3CC3)n2)cc1OC. The first-order valence-corrected chi connectivity index (χ1v) is 7.87. The highest BCUT2D eigenvalue weighted by atomic mass is 16.5. The summed E-state index contributed by atoms with van der Waals surface area (Å²) in [4.78, 5) is 6.77. The second-order valence-electron chi connectivity index (χ2n) is 6.07. The molecule has 1 saturated carbocycles. The number of rotatable bonds is 7. The van der Waals surface area contributed by atoms with Crippen LogP contribution in [0.2, 0.25) is 0 Å². The monoisotopic (exact) mass is 317 g/mol. The van der Waals surface area contributed by atoms with Gasteiger partial charge in [0, 0.05) is 11.6 Å². The van der Waals surface area contributed by atoms with Crippen LogP contribution in [0.5, 0.6) is 11.5 Å². The molecule has 0 unspecified atom stereocenters. The van der Waals surface area contributed by atoms with Crippen LogP contribution >= 0.6 is 0 Å². The van der Waals surface area contributed by atoms with E-state index in [1.165, 1.54) is 12.8 Å². The van der Waals surface area contributed by atoms with Crippen LogP contribution in [-0.2, 0) is 6.54 Å². The lowest BCUT2D eigenvalue weighted by molar-refractivity contribution is 0.197. The molecule has 1 atom stereocenters. The fourth-order valence-electron chi connectivity index (χ4n) is 2.71. The third kappa shape index (κ3) is 3.47. The van der Waals surface area contributed by atoms with E-state index in [-0.39, 0.29) is 0 Å². The Hall–Kier alpha value is -2.08. The van der Waals surface area contributed by atoms with Gasteiger partial charge in [0.2, 0.25) is 11.7 Å². The number of methoxy groups -OCH3 is 2. The molecule has 0 saturated heterocycles. The molecule has 1 aliphatic rings. The Kier molecular flexibility index (Phi) is 4.52. The maximum Gasteiger partial charge on any atom is 0.241 e. The first-order chi connectivity index (χ1) is 11.1. The van der Waals surface area contributed by atoms with E-state index in [0.717, 1.165) is 11.5 Å². The van der Waals surface area contributed by atoms with Crippen molar-refractivity contribution < 1.29 is 14.0 Å². The summed E-state index contributed by atoms with van der Waals surface area (Å²) in [5, 5.41) is 4.08. The average molecular weight is 317 g/mol. The van der Waals surface area contributed by atoms with E-state index in [1.807, 2.05) is 18.2 Å². The molecule has 1 aromatic heterocycles. The predicted octanol–water partition coefficient (Wildman–Crippen LogP) is 2.98. The van der Waals surface area contributed by atoms with Gasteiger partial charge in [0.05, 0.1) is 20.8 Å². The van der Waals surface area contributed by atoms with Gasteiger partial charge in [0.25, 0.3) is 0 Å². The van der Waals surface area contributed by atoms with E-state index in [0.29, 0.717) is 35.8 Å². The fourth-order valence-corrected chi connectivity index (χ4v) is 2.71. The van der Waals surface area contributed by atoms with Crippen molar-refractivity contribution in [2.24, 2.45) is 5.92 Å². The van der Waals surface area contributed by atoms with Gasteiger partial charge in [0.1, 0.15) is 0 Å². The summed E-state index contributed by atoms with van der Waals surface area (Å²) >= 11 is 0. The zero-order valence-corrected chi connectivity index (χ0v) is 14.1. The predicted molar refractivity (Wildman–Crippen MR) is 86.5 cm³/mol. The van der Waals surface area contributed by atoms with Crippen molar-refractivity contribution in [1.82, 2.24) is 15.0 Å². The second kappa shape index (κ2) is 6.58. The number of hydrogen-bond donors (Lipinski definition) is 0. The lowest BCUT2D eigenvalue weighted by atomic mass is 10.2. The molecule has 124 valence electrons. The van der Waals surface area contributed by atoms with Gasteiger partial charge in [-0.05, 0) is 50.9 Å². The zero-order chi connectivity index (χ0) is 16.4. The minimum Gasteiger partial charge on any atom is -0.493 e. The van der Waals surface area contributed by atoms with Crippen molar-refractivity contribution in [3.05, 3.63) is 24.1 Å². The Bertz CT molecular complexity index is 667. The van der Waals surface area contributed by atoms with Crippen molar-refractivity contribution in [3.63, 3.8) is 0 Å². The van der Waals surface area contributed by atoms with Gasteiger partial charge >= 0.3 is 0 Å². The maximum absolute atomic E-state index is 5.40. The highest BCUT2D eigenvalue weighted by Gasteiger charge is 2.31. The third-order valence-corrected chi connectivity index (χ3v) is 4.49. The Labute approximate surface area is 136 Å². The lowest BCUT2D eigenvalue weighted by Crippen LogP contribution is -2.30. The Morgan fingerprint density at radius 3 is 2.65 bits per heavy atom. The normalized spacial score (nSPS) is 15.7. The van der Waals surface area contributed by atoms with E-state index in [2.05, 4.69) is 29.0 Å². The van der Waals surface area contributed by atoms with E-state index in [4.69, 9.17) is 14.0 Å². The van der Waals surface area contributed by atoms with Gasteiger partial charge in [-0.15, -0.1) is 0 Å². The van der Waals surface area contributed by atoms with E-state index < -0.39 is 0 Å². The van der Waals surface area contributed by atoms with E-state index >= 15 is 0 Å². The van der Waals surface area contributed by atoms with E-state index in [9.17, 15) is 0 Å². The molecule has 2 aromatic rings. The number of hydrogen-bond acceptors (Lipinski definition) is 6. The largest absolute Gasteiger partial charge is 0.493 e. The van der Waals surface area contributed by atoms with Gasteiger partial charge in [-0.25, -0.2) is 0 Å². The minimum absolute atomic E-state index is 0.548. The van der Waals surface area contributed by atoms with Crippen LogP contribution in [0.4, 0.5) is 0 Å². The Morgan fingerprint density at radius 1 is 1.26 bits per heavy atom. The number of ether oxygens (including phenoxy) is 2. The van der Waals surface area contributed by atoms with Gasteiger partial charge in [-0.3, -0.25) is 4.90 Å². The van der Waals surface area contributed by atoms with Crippen LogP contribution in [0, 0.1) is 5.92 Å². The molecule has 0 N–H and O–H groups in total. The molecule has 0 aliphatic heterocycles. The molecule has 0 amide bonds. The standard InChI is InChI=1S/C17H23N3O3/c1-11(12-5-6-12)20(2)10-16-18-17(19-23-16)13-7-8-14(21-3)15(9-13)22-4/h7-9,11-12H,5-6,10H2,1-4H3/t11-/m1/s1. The Balaban J connectivity index is 1.73. The summed E-state index contributed by atoms with van der Waals surface area (Å²) < 4.78 is 16.0. The molecule has 1 aliphatic carbocycles. The molecule has 6 heteroatoms. The maximum atomic E-state index is 5.40. The third-order valence-electron chi connectivity index (χ3n) is 4.49. The quantitative estimate of drug-likeness (QED) is 0.782. The average Bonchev–Trinajstić information content (AvgIpc) is 3.32. The molecule has 1 fully saturated rings. The zero-order valence-electron chi connectivity index (χ0n) is 14.1. The Morgan fingerprint density at radius 2 is 2.00 bits per heavy atom. The van der Waals surface area contributed by atoms with Crippen molar-refractivity contribution in [3.8, 4) is 22.9 Å². The summed E-state index contributed by atoms with van der Waals surface area (Å²) in [6.07, 6.45) is 2.65. The molecule has 0 bridgehead atoms. The van der Waals surface area contributed by atoms with Crippen molar-refractivity contribution >= 4 is 0 Å². The summed E-state index contributed by atoms with van der Waals surface area (Å²) in [5.41, 5.74) is 0.843. The van der Waals surface area contributed by atoms with Crippen LogP contribution in [0.15, 0.2) is 22.7 Å². The number of aromatic nitrogens is 2. The molecular weight excluding hydrogens is 294 g/mol. The van der Waals surface area contributed by atoms with Crippen molar-refractivity contribution in [2.45, 2.75) is 32.4 Å². The molecule has 3 rings (SSSR count). The van der Waals surface area contributed by atoms with Crippen LogP contribution < -0.4 is 9.47 Å². The van der Waals surface area contributed by atoms with Crippen LogP contribution in [0.1, 0.15) is 25.7 Å². The second-order valence-corrected chi connectivity index (χ2v) is 6.07. The van der Waals surface area contributed by atoms with Gasteiger partial charge in [0.15, 0.2) is 11.5 Å². The van der Waals surface area contributed by atoms with Crippen LogP contribution in [-0.4, -0.2) is 42.3 Å². The molecule has 0 radical (unpaired) electrons. The number of benzene rings is 1. The molecule has 1 heterocycles. The topological polar surface area (TPSA) is 60.6 Å². The molecule has 0 spiro atoms. The summed E-state index contributed by atoms with van der Waals surface area (Å²) in [5.74, 6) is 3.33. The first-order valence-electron chi connectivity index (χ1n) is 7.87. The highest BCUT2D eigenvalue weighted by molar-refractivity contribution is 5.60. The van der Waals surface area contributed by atoms with Crippen LogP contribution in [0.25, 0.3) is 11.4 Å². The van der Waals surface area contributed by atoms with Gasteiger partial charge in [-0.2, -0.15) is 4.98 Å². The van der Waals surface area contributed by atoms with Gasteiger partial charge < -0.3 is 14.0 Å². The van der Waals surface area contributed by atoms with Crippen LogP contribution in [0.3, 0.4) is 0 Å². The fraction of sp³-hybridized carbons (Fsp3) is 0.529. The molecule has 23 heavy (non-hydrogen) atoms. The molecule has 1 aromatic carbocycles. The van der Waals surface area contributed by atoms with Crippen molar-refractivity contribution in [1.29, 1.82) is 0 Å². The van der Waals surface area contributed by atoms with Crippen molar-refractivity contribution in [2.75, 3.05) is 21.3 Å². The highest BCUT2D eigenvalue weighted by Crippen LogP contribution is 2.35. The lowest BCUT2D eigenvalue weighted by Gasteiger charge is -2.22. The molecule has 6 nitrogen and oxygen atoms in total. The first kappa shape index (κ1) is 15.8. The minimum atomic E-state index is 0.548.